The molecule has 0 radical (unpaired) electrons. The van der Waals surface area contributed by atoms with Gasteiger partial charge in [-0.25, -0.2) is 0 Å². The normalized spacial score (nSPS) is 26.1. The van der Waals surface area contributed by atoms with Gasteiger partial charge in [-0.1, -0.05) is 20.8 Å². The van der Waals surface area contributed by atoms with E-state index in [-0.39, 0.29) is 0 Å². The van der Waals surface area contributed by atoms with Gasteiger partial charge in [-0.15, -0.1) is 0 Å². The molecule has 2 aliphatic rings. The third-order valence-corrected chi connectivity index (χ3v) is 3.47. The van der Waals surface area contributed by atoms with Gasteiger partial charge in [0.1, 0.15) is 0 Å². The topological polar surface area (TPSA) is 12.0 Å². The molecule has 0 aliphatic heterocycles. The lowest BCUT2D eigenvalue weighted by Gasteiger charge is -2.22. The molecule has 0 bridgehead atoms. The molecule has 0 aromatic rings. The predicted octanol–water partition coefficient (Wildman–Crippen LogP) is 2.81. The van der Waals surface area contributed by atoms with E-state index in [0.29, 0.717) is 5.41 Å². The Morgan fingerprint density at radius 2 is 1.85 bits per heavy atom. The van der Waals surface area contributed by atoms with Crippen molar-refractivity contribution in [3.8, 4) is 0 Å². The molecular formula is C12H23N. The molecule has 2 rings (SSSR count). The van der Waals surface area contributed by atoms with Gasteiger partial charge in [-0.2, -0.15) is 0 Å². The van der Waals surface area contributed by atoms with E-state index in [9.17, 15) is 0 Å². The molecule has 1 N–H and O–H groups in total. The van der Waals surface area contributed by atoms with Gasteiger partial charge in [-0.3, -0.25) is 0 Å². The summed E-state index contributed by atoms with van der Waals surface area (Å²) in [6.45, 7) is 9.36. The summed E-state index contributed by atoms with van der Waals surface area (Å²) >= 11 is 0. The van der Waals surface area contributed by atoms with Crippen LogP contribution in [0.15, 0.2) is 0 Å². The lowest BCUT2D eigenvalue weighted by atomic mass is 9.95. The Morgan fingerprint density at radius 3 is 2.23 bits per heavy atom. The Balaban J connectivity index is 1.68. The molecule has 0 aromatic heterocycles. The Bertz CT molecular complexity index is 182. The van der Waals surface area contributed by atoms with Crippen LogP contribution in [0.5, 0.6) is 0 Å². The van der Waals surface area contributed by atoms with Gasteiger partial charge in [-0.05, 0) is 42.4 Å². The molecule has 13 heavy (non-hydrogen) atoms. The minimum atomic E-state index is 0.444. The molecule has 0 amide bonds. The highest BCUT2D eigenvalue weighted by Gasteiger charge is 2.53. The molecule has 0 unspecified atom stereocenters. The molecule has 2 fully saturated rings. The summed E-state index contributed by atoms with van der Waals surface area (Å²) in [5.74, 6) is 1.10. The van der Waals surface area contributed by atoms with Crippen molar-refractivity contribution in [1.29, 1.82) is 0 Å². The Morgan fingerprint density at radius 1 is 1.23 bits per heavy atom. The van der Waals surface area contributed by atoms with E-state index >= 15 is 0 Å². The SMILES string of the molecule is CC(C)(C)CNCC1(C2CC2)CC1. The summed E-state index contributed by atoms with van der Waals surface area (Å²) in [7, 11) is 0. The third-order valence-electron chi connectivity index (χ3n) is 3.47. The minimum Gasteiger partial charge on any atom is -0.316 e. The fourth-order valence-corrected chi connectivity index (χ4v) is 2.27. The smallest absolute Gasteiger partial charge is 0.00107 e. The predicted molar refractivity (Wildman–Crippen MR) is 56.7 cm³/mol. The van der Waals surface area contributed by atoms with Gasteiger partial charge in [0.2, 0.25) is 0 Å². The first-order valence-electron chi connectivity index (χ1n) is 5.73. The van der Waals surface area contributed by atoms with Gasteiger partial charge in [0.15, 0.2) is 0 Å². The van der Waals surface area contributed by atoms with Crippen LogP contribution in [0.25, 0.3) is 0 Å². The van der Waals surface area contributed by atoms with Crippen LogP contribution in [0, 0.1) is 16.7 Å². The van der Waals surface area contributed by atoms with E-state index in [2.05, 4.69) is 26.1 Å². The molecule has 0 aromatic carbocycles. The van der Waals surface area contributed by atoms with Crippen molar-refractivity contribution in [2.24, 2.45) is 16.7 Å². The average Bonchev–Trinajstić information content (AvgIpc) is 2.80. The number of hydrogen-bond donors (Lipinski definition) is 1. The second kappa shape index (κ2) is 2.98. The summed E-state index contributed by atoms with van der Waals surface area (Å²) in [4.78, 5) is 0. The zero-order chi connectivity index (χ0) is 9.53. The van der Waals surface area contributed by atoms with Crippen molar-refractivity contribution in [1.82, 2.24) is 5.32 Å². The summed E-state index contributed by atoms with van der Waals surface area (Å²) in [5.41, 5.74) is 1.21. The molecule has 2 aliphatic carbocycles. The lowest BCUT2D eigenvalue weighted by Crippen LogP contribution is -2.32. The molecule has 0 spiro atoms. The van der Waals surface area contributed by atoms with Crippen LogP contribution in [0.1, 0.15) is 46.5 Å². The van der Waals surface area contributed by atoms with Gasteiger partial charge in [0.05, 0.1) is 0 Å². The summed E-state index contributed by atoms with van der Waals surface area (Å²) in [6, 6.07) is 0. The highest BCUT2D eigenvalue weighted by molar-refractivity contribution is 5.05. The van der Waals surface area contributed by atoms with Crippen molar-refractivity contribution in [3.05, 3.63) is 0 Å². The molecule has 0 atom stereocenters. The van der Waals surface area contributed by atoms with Gasteiger partial charge in [0.25, 0.3) is 0 Å². The van der Waals surface area contributed by atoms with E-state index in [4.69, 9.17) is 0 Å². The Hall–Kier alpha value is -0.0400. The Labute approximate surface area is 82.3 Å². The number of rotatable bonds is 4. The molecule has 0 saturated heterocycles. The third kappa shape index (κ3) is 2.46. The largest absolute Gasteiger partial charge is 0.316 e. The van der Waals surface area contributed by atoms with Crippen molar-refractivity contribution in [3.63, 3.8) is 0 Å². The van der Waals surface area contributed by atoms with E-state index in [1.165, 1.54) is 38.8 Å². The molecule has 76 valence electrons. The highest BCUT2D eigenvalue weighted by Crippen LogP contribution is 2.60. The second-order valence-electron chi connectivity index (χ2n) is 6.30. The Kier molecular flexibility index (Phi) is 2.18. The zero-order valence-electron chi connectivity index (χ0n) is 9.32. The van der Waals surface area contributed by atoms with Crippen molar-refractivity contribution in [2.45, 2.75) is 46.5 Å². The first kappa shape index (κ1) is 9.51. The van der Waals surface area contributed by atoms with Crippen LogP contribution >= 0.6 is 0 Å². The summed E-state index contributed by atoms with van der Waals surface area (Å²) in [5, 5.41) is 3.65. The van der Waals surface area contributed by atoms with Crippen LogP contribution in [0.4, 0.5) is 0 Å². The summed E-state index contributed by atoms with van der Waals surface area (Å²) in [6.07, 6.45) is 6.01. The van der Waals surface area contributed by atoms with Crippen molar-refractivity contribution < 1.29 is 0 Å². The van der Waals surface area contributed by atoms with E-state index in [0.717, 1.165) is 11.3 Å². The van der Waals surface area contributed by atoms with Crippen LogP contribution in [-0.4, -0.2) is 13.1 Å². The number of nitrogens with one attached hydrogen (secondary N) is 1. The molecular weight excluding hydrogens is 158 g/mol. The fraction of sp³-hybridized carbons (Fsp3) is 1.00. The quantitative estimate of drug-likeness (QED) is 0.703. The second-order valence-corrected chi connectivity index (χ2v) is 6.30. The standard InChI is InChI=1S/C12H23N/c1-11(2,3)8-13-9-12(6-7-12)10-4-5-10/h10,13H,4-9H2,1-3H3. The first-order chi connectivity index (χ1) is 6.02. The van der Waals surface area contributed by atoms with Crippen molar-refractivity contribution >= 4 is 0 Å². The maximum absolute atomic E-state index is 3.65. The average molecular weight is 181 g/mol. The molecule has 2 saturated carbocycles. The van der Waals surface area contributed by atoms with Crippen LogP contribution in [0.2, 0.25) is 0 Å². The van der Waals surface area contributed by atoms with E-state index < -0.39 is 0 Å². The van der Waals surface area contributed by atoms with Gasteiger partial charge < -0.3 is 5.32 Å². The van der Waals surface area contributed by atoms with E-state index in [1.54, 1.807) is 0 Å². The maximum Gasteiger partial charge on any atom is 0.00107 e. The van der Waals surface area contributed by atoms with Crippen molar-refractivity contribution in [2.75, 3.05) is 13.1 Å². The van der Waals surface area contributed by atoms with Crippen LogP contribution < -0.4 is 5.32 Å². The molecule has 1 nitrogen and oxygen atoms in total. The maximum atomic E-state index is 3.65. The highest BCUT2D eigenvalue weighted by atomic mass is 14.9. The van der Waals surface area contributed by atoms with Gasteiger partial charge in [0, 0.05) is 13.1 Å². The van der Waals surface area contributed by atoms with Crippen LogP contribution in [0.3, 0.4) is 0 Å². The van der Waals surface area contributed by atoms with Gasteiger partial charge >= 0.3 is 0 Å². The monoisotopic (exact) mass is 181 g/mol. The molecule has 0 heterocycles. The summed E-state index contributed by atoms with van der Waals surface area (Å²) < 4.78 is 0. The zero-order valence-corrected chi connectivity index (χ0v) is 9.32. The number of hydrogen-bond acceptors (Lipinski definition) is 1. The van der Waals surface area contributed by atoms with Crippen LogP contribution in [-0.2, 0) is 0 Å². The lowest BCUT2D eigenvalue weighted by molar-refractivity contribution is 0.334. The fourth-order valence-electron chi connectivity index (χ4n) is 2.27. The first-order valence-corrected chi connectivity index (χ1v) is 5.73. The molecule has 1 heteroatoms. The van der Waals surface area contributed by atoms with E-state index in [1.807, 2.05) is 0 Å². The minimum absolute atomic E-state index is 0.444.